The normalized spacial score (nSPS) is 17.3. The maximum Gasteiger partial charge on any atom is 0.124 e. The van der Waals surface area contributed by atoms with Crippen molar-refractivity contribution in [3.8, 4) is 0 Å². The minimum Gasteiger partial charge on any atom is -0.303 e. The molecule has 1 atom stereocenters. The number of benzene rings is 1. The smallest absolute Gasteiger partial charge is 0.124 e. The highest BCUT2D eigenvalue weighted by atomic mass is 35.5. The van der Waals surface area contributed by atoms with Crippen LogP contribution in [-0.4, -0.2) is 6.29 Å². The molecule has 0 aromatic heterocycles. The summed E-state index contributed by atoms with van der Waals surface area (Å²) < 4.78 is 0. The molecule has 104 valence electrons. The van der Waals surface area contributed by atoms with E-state index in [0.717, 1.165) is 17.4 Å². The summed E-state index contributed by atoms with van der Waals surface area (Å²) in [4.78, 5) is 10.7. The van der Waals surface area contributed by atoms with E-state index < -0.39 is 0 Å². The summed E-state index contributed by atoms with van der Waals surface area (Å²) in [5, 5.41) is 1.22. The van der Waals surface area contributed by atoms with E-state index in [1.807, 2.05) is 0 Å². The lowest BCUT2D eigenvalue weighted by molar-refractivity contribution is -0.107. The molecule has 1 aromatic rings. The van der Waals surface area contributed by atoms with Crippen LogP contribution in [0.2, 0.25) is 10.0 Å². The van der Waals surface area contributed by atoms with Crippen molar-refractivity contribution in [2.45, 2.75) is 46.0 Å². The molecule has 1 unspecified atom stereocenters. The van der Waals surface area contributed by atoms with Crippen molar-refractivity contribution in [3.63, 3.8) is 0 Å². The van der Waals surface area contributed by atoms with Crippen molar-refractivity contribution >= 4 is 29.5 Å². The van der Waals surface area contributed by atoms with Crippen LogP contribution < -0.4 is 0 Å². The van der Waals surface area contributed by atoms with Crippen LogP contribution in [0, 0.1) is 11.3 Å². The van der Waals surface area contributed by atoms with Gasteiger partial charge < -0.3 is 4.79 Å². The Labute approximate surface area is 125 Å². The Morgan fingerprint density at radius 2 is 1.95 bits per heavy atom. The standard InChI is InChI=1S/C16H20Cl2O/c1-16(2,3)14(11-4-5-11)12-8-10(6-7-19)9-13(17)15(12)18/h7-9,11,14H,4-6H2,1-3H3. The summed E-state index contributed by atoms with van der Waals surface area (Å²) in [5.74, 6) is 1.10. The largest absolute Gasteiger partial charge is 0.303 e. The Morgan fingerprint density at radius 3 is 2.42 bits per heavy atom. The van der Waals surface area contributed by atoms with Gasteiger partial charge in [0.15, 0.2) is 0 Å². The minimum absolute atomic E-state index is 0.147. The lowest BCUT2D eigenvalue weighted by atomic mass is 9.73. The van der Waals surface area contributed by atoms with Crippen molar-refractivity contribution in [1.29, 1.82) is 0 Å². The molecular weight excluding hydrogens is 279 g/mol. The predicted molar refractivity (Wildman–Crippen MR) is 81.2 cm³/mol. The zero-order valence-electron chi connectivity index (χ0n) is 11.7. The Kier molecular flexibility index (Phi) is 4.27. The van der Waals surface area contributed by atoms with Crippen molar-refractivity contribution in [2.75, 3.05) is 0 Å². The molecular formula is C16H20Cl2O. The second-order valence-corrected chi connectivity index (χ2v) is 7.32. The Balaban J connectivity index is 2.49. The molecule has 0 spiro atoms. The number of rotatable bonds is 4. The van der Waals surface area contributed by atoms with Crippen LogP contribution in [0.15, 0.2) is 12.1 Å². The van der Waals surface area contributed by atoms with Crippen LogP contribution in [0.1, 0.15) is 50.7 Å². The maximum absolute atomic E-state index is 10.7. The van der Waals surface area contributed by atoms with Gasteiger partial charge >= 0.3 is 0 Å². The molecule has 19 heavy (non-hydrogen) atoms. The Hall–Kier alpha value is -0.530. The molecule has 0 bridgehead atoms. The van der Waals surface area contributed by atoms with Gasteiger partial charge in [-0.1, -0.05) is 50.0 Å². The van der Waals surface area contributed by atoms with Gasteiger partial charge in [-0.05, 0) is 47.3 Å². The molecule has 1 nitrogen and oxygen atoms in total. The van der Waals surface area contributed by atoms with Crippen molar-refractivity contribution < 1.29 is 4.79 Å². The van der Waals surface area contributed by atoms with E-state index in [1.54, 1.807) is 6.07 Å². The van der Waals surface area contributed by atoms with Gasteiger partial charge in [0.25, 0.3) is 0 Å². The first-order valence-corrected chi connectivity index (χ1v) is 7.51. The quantitative estimate of drug-likeness (QED) is 0.692. The van der Waals surface area contributed by atoms with Gasteiger partial charge in [0.2, 0.25) is 0 Å². The second kappa shape index (κ2) is 5.46. The van der Waals surface area contributed by atoms with Crippen LogP contribution in [0.5, 0.6) is 0 Å². The molecule has 1 aromatic carbocycles. The molecule has 0 saturated heterocycles. The van der Waals surface area contributed by atoms with E-state index in [9.17, 15) is 4.79 Å². The summed E-state index contributed by atoms with van der Waals surface area (Å²) in [7, 11) is 0. The molecule has 0 amide bonds. The van der Waals surface area contributed by atoms with Gasteiger partial charge in [-0.2, -0.15) is 0 Å². The van der Waals surface area contributed by atoms with Gasteiger partial charge in [0, 0.05) is 6.42 Å². The Bertz CT molecular complexity index is 484. The van der Waals surface area contributed by atoms with Crippen LogP contribution in [0.25, 0.3) is 0 Å². The first-order chi connectivity index (χ1) is 8.84. The number of carbonyl (C=O) groups is 1. The topological polar surface area (TPSA) is 17.1 Å². The molecule has 1 aliphatic carbocycles. The number of hydrogen-bond acceptors (Lipinski definition) is 1. The highest BCUT2D eigenvalue weighted by Crippen LogP contribution is 2.53. The van der Waals surface area contributed by atoms with Crippen LogP contribution in [0.4, 0.5) is 0 Å². The third-order valence-corrected chi connectivity index (χ3v) is 4.61. The zero-order valence-corrected chi connectivity index (χ0v) is 13.2. The molecule has 0 heterocycles. The second-order valence-electron chi connectivity index (χ2n) is 6.53. The SMILES string of the molecule is CC(C)(C)C(c1cc(CC=O)cc(Cl)c1Cl)C1CC1. The van der Waals surface area contributed by atoms with E-state index in [1.165, 1.54) is 12.8 Å². The number of halogens is 2. The van der Waals surface area contributed by atoms with Crippen LogP contribution in [-0.2, 0) is 11.2 Å². The molecule has 1 saturated carbocycles. The maximum atomic E-state index is 10.7. The average molecular weight is 299 g/mol. The molecule has 2 rings (SSSR count). The third-order valence-electron chi connectivity index (χ3n) is 3.80. The lowest BCUT2D eigenvalue weighted by Gasteiger charge is -2.32. The van der Waals surface area contributed by atoms with E-state index >= 15 is 0 Å². The molecule has 1 fully saturated rings. The van der Waals surface area contributed by atoms with E-state index in [0.29, 0.717) is 28.3 Å². The molecule has 1 aliphatic rings. The van der Waals surface area contributed by atoms with Crippen LogP contribution in [0.3, 0.4) is 0 Å². The fraction of sp³-hybridized carbons (Fsp3) is 0.562. The first kappa shape index (κ1) is 14.9. The summed E-state index contributed by atoms with van der Waals surface area (Å²) in [6.45, 7) is 6.73. The van der Waals surface area contributed by atoms with Gasteiger partial charge in [-0.25, -0.2) is 0 Å². The lowest BCUT2D eigenvalue weighted by Crippen LogP contribution is -2.21. The van der Waals surface area contributed by atoms with Crippen LogP contribution >= 0.6 is 23.2 Å². The molecule has 3 heteroatoms. The van der Waals surface area contributed by atoms with Gasteiger partial charge in [-0.15, -0.1) is 0 Å². The van der Waals surface area contributed by atoms with Gasteiger partial charge in [0.1, 0.15) is 6.29 Å². The summed E-state index contributed by atoms with van der Waals surface area (Å²) in [6, 6.07) is 3.87. The predicted octanol–water partition coefficient (Wildman–Crippen LogP) is 5.27. The van der Waals surface area contributed by atoms with Crippen molar-refractivity contribution in [3.05, 3.63) is 33.3 Å². The highest BCUT2D eigenvalue weighted by molar-refractivity contribution is 6.42. The van der Waals surface area contributed by atoms with E-state index in [2.05, 4.69) is 26.8 Å². The number of carbonyl (C=O) groups excluding carboxylic acids is 1. The summed E-state index contributed by atoms with van der Waals surface area (Å²) in [6.07, 6.45) is 3.82. The fourth-order valence-corrected chi connectivity index (χ4v) is 3.44. The average Bonchev–Trinajstić information content (AvgIpc) is 3.08. The molecule has 0 aliphatic heterocycles. The number of aldehydes is 1. The van der Waals surface area contributed by atoms with Gasteiger partial charge in [0.05, 0.1) is 10.0 Å². The monoisotopic (exact) mass is 298 g/mol. The Morgan fingerprint density at radius 1 is 1.32 bits per heavy atom. The van der Waals surface area contributed by atoms with E-state index in [4.69, 9.17) is 23.2 Å². The van der Waals surface area contributed by atoms with Gasteiger partial charge in [-0.3, -0.25) is 0 Å². The van der Waals surface area contributed by atoms with Crippen molar-refractivity contribution in [1.82, 2.24) is 0 Å². The summed E-state index contributed by atoms with van der Waals surface area (Å²) >= 11 is 12.6. The third kappa shape index (κ3) is 3.32. The fourth-order valence-electron chi connectivity index (χ4n) is 2.97. The number of hydrogen-bond donors (Lipinski definition) is 0. The van der Waals surface area contributed by atoms with E-state index in [-0.39, 0.29) is 5.41 Å². The zero-order chi connectivity index (χ0) is 14.2. The van der Waals surface area contributed by atoms with Crippen molar-refractivity contribution in [2.24, 2.45) is 11.3 Å². The molecule has 0 N–H and O–H groups in total. The highest BCUT2D eigenvalue weighted by Gasteiger charge is 2.40. The first-order valence-electron chi connectivity index (χ1n) is 6.76. The summed E-state index contributed by atoms with van der Waals surface area (Å²) in [5.41, 5.74) is 2.21. The molecule has 0 radical (unpaired) electrons. The minimum atomic E-state index is 0.147.